The van der Waals surface area contributed by atoms with Crippen LogP contribution >= 0.6 is 7.75 Å². The van der Waals surface area contributed by atoms with Crippen molar-refractivity contribution in [3.63, 3.8) is 0 Å². The van der Waals surface area contributed by atoms with Crippen LogP contribution in [0.5, 0.6) is 5.75 Å². The third kappa shape index (κ3) is 6.30. The fourth-order valence-electron chi connectivity index (χ4n) is 4.30. The number of rotatable bonds is 11. The summed E-state index contributed by atoms with van der Waals surface area (Å²) in [5.41, 5.74) is 2.46. The van der Waals surface area contributed by atoms with E-state index < -0.39 is 79.8 Å². The van der Waals surface area contributed by atoms with Crippen LogP contribution in [-0.4, -0.2) is 57.3 Å². The average molecular weight is 573 g/mol. The molecule has 39 heavy (non-hydrogen) atoms. The number of nitrogens with two attached hydrogens (primary N) is 1. The lowest BCUT2D eigenvalue weighted by Gasteiger charge is -2.33. The normalized spacial score (nSPS) is 27.2. The van der Waals surface area contributed by atoms with Crippen molar-refractivity contribution < 1.29 is 41.8 Å². The van der Waals surface area contributed by atoms with Gasteiger partial charge in [-0.05, 0) is 51.7 Å². The van der Waals surface area contributed by atoms with Gasteiger partial charge in [0.1, 0.15) is 23.5 Å². The number of hydrogen-bond donors (Lipinski definition) is 3. The highest BCUT2D eigenvalue weighted by Gasteiger charge is 2.63. The predicted molar refractivity (Wildman–Crippen MR) is 134 cm³/mol. The van der Waals surface area contributed by atoms with Gasteiger partial charge in [0.05, 0.1) is 18.9 Å². The molecule has 1 aliphatic heterocycles. The first-order valence-electron chi connectivity index (χ1n) is 12.4. The maximum Gasteiger partial charge on any atom is 0.459 e. The van der Waals surface area contributed by atoms with E-state index in [2.05, 4.69) is 10.1 Å². The smallest absolute Gasteiger partial charge is 0.459 e. The highest BCUT2D eigenvalue weighted by molar-refractivity contribution is 7.52. The van der Waals surface area contributed by atoms with Gasteiger partial charge in [-0.25, -0.2) is 18.1 Å². The van der Waals surface area contributed by atoms with E-state index in [1.165, 1.54) is 19.1 Å². The third-order valence-corrected chi connectivity index (χ3v) is 8.00. The van der Waals surface area contributed by atoms with Crippen LogP contribution in [0.15, 0.2) is 41.3 Å². The molecule has 6 atom stereocenters. The molecule has 1 saturated heterocycles. The number of nitrogens with zero attached hydrogens (tertiary/aromatic N) is 2. The Hall–Kier alpha value is -2.90. The highest BCUT2D eigenvalue weighted by atomic mass is 31.2. The fraction of sp³-hybridized carbons (Fsp3) is 0.542. The van der Waals surface area contributed by atoms with Crippen LogP contribution in [0, 0.1) is 11.7 Å². The first kappa shape index (κ1) is 29.1. The number of halogens is 2. The molecule has 0 spiro atoms. The van der Waals surface area contributed by atoms with Crippen molar-refractivity contribution in [2.45, 2.75) is 69.9 Å². The van der Waals surface area contributed by atoms with Gasteiger partial charge in [0, 0.05) is 0 Å². The number of nitrogens with one attached hydrogen (secondary N) is 1. The van der Waals surface area contributed by atoms with Crippen LogP contribution in [0.25, 0.3) is 0 Å². The predicted octanol–water partition coefficient (Wildman–Crippen LogP) is 2.47. The number of aliphatic hydroxyl groups excluding tert-OH is 1. The van der Waals surface area contributed by atoms with Crippen molar-refractivity contribution in [1.29, 1.82) is 0 Å². The van der Waals surface area contributed by atoms with Gasteiger partial charge >= 0.3 is 19.4 Å². The summed E-state index contributed by atoms with van der Waals surface area (Å²) >= 11 is 0. The Morgan fingerprint density at radius 1 is 1.33 bits per heavy atom. The molecule has 12 nitrogen and oxygen atoms in total. The summed E-state index contributed by atoms with van der Waals surface area (Å²) in [7, 11) is -4.39. The van der Waals surface area contributed by atoms with E-state index in [-0.39, 0.29) is 5.75 Å². The largest absolute Gasteiger partial charge is 0.462 e. The number of aliphatic hydroxyl groups is 1. The molecule has 15 heteroatoms. The Morgan fingerprint density at radius 2 is 2.00 bits per heavy atom. The number of nitrogen functional groups attached to an aromatic ring is 1. The van der Waals surface area contributed by atoms with Crippen molar-refractivity contribution >= 4 is 19.5 Å². The monoisotopic (exact) mass is 572 g/mol. The molecule has 2 fully saturated rings. The van der Waals surface area contributed by atoms with E-state index >= 15 is 4.39 Å². The van der Waals surface area contributed by atoms with E-state index in [0.29, 0.717) is 23.6 Å². The molecule has 214 valence electrons. The second kappa shape index (κ2) is 11.3. The number of benzene rings is 1. The van der Waals surface area contributed by atoms with E-state index in [1.807, 2.05) is 0 Å². The highest BCUT2D eigenvalue weighted by Crippen LogP contribution is 2.55. The lowest BCUT2D eigenvalue weighted by atomic mass is 9.91. The second-order valence-corrected chi connectivity index (χ2v) is 11.5. The Bertz CT molecular complexity index is 1290. The minimum Gasteiger partial charge on any atom is -0.462 e. The van der Waals surface area contributed by atoms with Crippen LogP contribution in [0.4, 0.5) is 14.6 Å². The van der Waals surface area contributed by atoms with Gasteiger partial charge in [-0.15, -0.1) is 0 Å². The second-order valence-electron chi connectivity index (χ2n) is 9.80. The summed E-state index contributed by atoms with van der Waals surface area (Å²) in [5.74, 6) is -2.76. The molecular weight excluding hydrogens is 541 g/mol. The van der Waals surface area contributed by atoms with Crippen LogP contribution in [0.1, 0.15) is 39.8 Å². The lowest BCUT2D eigenvalue weighted by molar-refractivity contribution is -0.149. The summed E-state index contributed by atoms with van der Waals surface area (Å²) in [6.07, 6.45) is -4.58. The van der Waals surface area contributed by atoms with Crippen molar-refractivity contribution in [3.05, 3.63) is 52.8 Å². The number of para-hydroxylation sites is 1. The van der Waals surface area contributed by atoms with Crippen molar-refractivity contribution in [2.75, 3.05) is 12.3 Å². The zero-order chi connectivity index (χ0) is 28.5. The summed E-state index contributed by atoms with van der Waals surface area (Å²) in [5, 5.41) is 13.5. The molecule has 1 aliphatic carbocycles. The molecule has 1 unspecified atom stereocenters. The number of anilines is 1. The molecule has 2 aromatic rings. The first-order chi connectivity index (χ1) is 18.3. The van der Waals surface area contributed by atoms with Gasteiger partial charge in [0.25, 0.3) is 0 Å². The molecule has 1 aromatic heterocycles. The van der Waals surface area contributed by atoms with Crippen LogP contribution in [-0.2, 0) is 23.4 Å². The Kier molecular flexibility index (Phi) is 8.43. The molecule has 4 N–H and O–H groups in total. The number of ether oxygens (including phenoxy) is 2. The van der Waals surface area contributed by atoms with Gasteiger partial charge in [-0.1, -0.05) is 18.2 Å². The van der Waals surface area contributed by atoms with E-state index in [0.717, 1.165) is 0 Å². The number of hydrogen-bond acceptors (Lipinski definition) is 10. The van der Waals surface area contributed by atoms with E-state index in [1.54, 1.807) is 32.0 Å². The molecule has 4 rings (SSSR count). The summed E-state index contributed by atoms with van der Waals surface area (Å²) in [4.78, 5) is 28.1. The Labute approximate surface area is 223 Å². The zero-order valence-electron chi connectivity index (χ0n) is 21.5. The fourth-order valence-corrected chi connectivity index (χ4v) is 5.83. The third-order valence-electron chi connectivity index (χ3n) is 6.38. The quantitative estimate of drug-likeness (QED) is 0.268. The first-order valence-corrected chi connectivity index (χ1v) is 13.9. The summed E-state index contributed by atoms with van der Waals surface area (Å²) in [6, 6.07) is 6.84. The SMILES string of the molecule is CC(C)OC(=O)[C@H](C)NP(=O)(OC[C@@]1(C2CC2)O[C@@H](n2cc(F)c(N)nc2=O)[C@@H](F)[C@@H]1O)Oc1ccccc1. The van der Waals surface area contributed by atoms with E-state index in [9.17, 15) is 23.7 Å². The molecule has 2 heterocycles. The van der Waals surface area contributed by atoms with Crippen molar-refractivity contribution in [2.24, 2.45) is 5.92 Å². The maximum absolute atomic E-state index is 15.4. The van der Waals surface area contributed by atoms with Gasteiger partial charge in [0.15, 0.2) is 24.0 Å². The molecule has 2 aliphatic rings. The number of carbonyl (C=O) groups excluding carboxylic acids is 1. The number of carbonyl (C=O) groups is 1. The maximum atomic E-state index is 15.4. The molecule has 1 saturated carbocycles. The number of aromatic nitrogens is 2. The molecular formula is C24H31F2N4O8P. The van der Waals surface area contributed by atoms with E-state index in [4.69, 9.17) is 24.3 Å². The van der Waals surface area contributed by atoms with Crippen LogP contribution < -0.4 is 21.0 Å². The molecule has 0 radical (unpaired) electrons. The standard InChI is InChI=1S/C24H31F2N4O8P/c1-13(2)36-22(32)14(3)29-39(34,38-16-7-5-4-6-8-16)35-12-24(15-9-10-15)19(31)18(26)21(37-24)30-11-17(25)20(27)28-23(30)33/h4-8,11,13-15,18-19,21,31H,9-10,12H2,1-3H3,(H,29,34)(H2,27,28,33)/t14-,18-,19-,21+,24-,39?/m0/s1. The van der Waals surface area contributed by atoms with Gasteiger partial charge < -0.3 is 24.8 Å². The number of esters is 1. The lowest BCUT2D eigenvalue weighted by Crippen LogP contribution is -2.48. The van der Waals surface area contributed by atoms with Crippen LogP contribution in [0.3, 0.4) is 0 Å². The molecule has 0 amide bonds. The van der Waals surface area contributed by atoms with Gasteiger partial charge in [-0.3, -0.25) is 13.9 Å². The Morgan fingerprint density at radius 3 is 2.62 bits per heavy atom. The zero-order valence-corrected chi connectivity index (χ0v) is 22.4. The average Bonchev–Trinajstić information content (AvgIpc) is 3.69. The Balaban J connectivity index is 1.61. The van der Waals surface area contributed by atoms with Crippen molar-refractivity contribution in [3.8, 4) is 5.75 Å². The van der Waals surface area contributed by atoms with Gasteiger partial charge in [0.2, 0.25) is 0 Å². The summed E-state index contributed by atoms with van der Waals surface area (Å²) in [6.45, 7) is 4.04. The molecule has 0 bridgehead atoms. The number of alkyl halides is 1. The molecule has 1 aromatic carbocycles. The van der Waals surface area contributed by atoms with Crippen molar-refractivity contribution in [1.82, 2.24) is 14.6 Å². The van der Waals surface area contributed by atoms with Crippen LogP contribution in [0.2, 0.25) is 0 Å². The summed E-state index contributed by atoms with van der Waals surface area (Å²) < 4.78 is 66.3. The topological polar surface area (TPSA) is 164 Å². The van der Waals surface area contributed by atoms with Gasteiger partial charge in [-0.2, -0.15) is 10.1 Å². The minimum absolute atomic E-state index is 0.141. The minimum atomic E-state index is -4.39.